The number of benzene rings is 2. The number of esters is 1. The molecule has 51 heavy (non-hydrogen) atoms. The number of allylic oxidation sites excluding steroid dienone is 1. The van der Waals surface area contributed by atoms with Crippen molar-refractivity contribution >= 4 is 28.8 Å². The number of hydrogen-bond acceptors (Lipinski definition) is 8. The van der Waals surface area contributed by atoms with E-state index in [0.29, 0.717) is 42.2 Å². The highest BCUT2D eigenvalue weighted by Crippen LogP contribution is 2.46. The third-order valence-electron chi connectivity index (χ3n) is 9.59. The van der Waals surface area contributed by atoms with Crippen molar-refractivity contribution in [3.05, 3.63) is 84.2 Å². The van der Waals surface area contributed by atoms with Gasteiger partial charge in [0.15, 0.2) is 0 Å². The largest absolute Gasteiger partial charge is 0.496 e. The minimum Gasteiger partial charge on any atom is -0.496 e. The lowest BCUT2D eigenvalue weighted by atomic mass is 10.1. The number of carbonyl (C=O) groups is 3. The number of hydrogen-bond donors (Lipinski definition) is 2. The molecule has 0 radical (unpaired) electrons. The summed E-state index contributed by atoms with van der Waals surface area (Å²) in [6.45, 7) is 5.15. The predicted octanol–water partition coefficient (Wildman–Crippen LogP) is 5.42. The van der Waals surface area contributed by atoms with Gasteiger partial charge in [-0.15, -0.1) is 0 Å². The van der Waals surface area contributed by atoms with Gasteiger partial charge in [-0.2, -0.15) is 5.10 Å². The van der Waals surface area contributed by atoms with Gasteiger partial charge in [-0.1, -0.05) is 42.5 Å². The standard InChI is InChI=1S/C39H46N6O6/c1-5-50-37(47)39-22-29(39)15-11-6-7-12-19-44(3)38(48)42-31(36(46)43-39)18-20-51-34-21-32(41-35-26(2)33(49-4)17-16-30(34)35)28-23-40-45(25-28)24-27-13-9-8-10-14-27/h8-11,13-17,21,23,25,29,31H,5-7,12,18-20,22,24H2,1-4H3,(H,42,48)(H,43,46)/b15-11-/t29-,31+,39-/m1/s1. The molecule has 0 spiro atoms. The maximum atomic E-state index is 13.9. The van der Waals surface area contributed by atoms with Crippen LogP contribution in [0.1, 0.15) is 50.2 Å². The Balaban J connectivity index is 1.26. The van der Waals surface area contributed by atoms with Crippen LogP contribution >= 0.6 is 0 Å². The molecule has 2 N–H and O–H groups in total. The molecular weight excluding hydrogens is 648 g/mol. The Morgan fingerprint density at radius 1 is 1.10 bits per heavy atom. The quantitative estimate of drug-likeness (QED) is 0.166. The molecule has 2 aromatic heterocycles. The predicted molar refractivity (Wildman–Crippen MR) is 193 cm³/mol. The minimum absolute atomic E-state index is 0.0920. The number of methoxy groups -OCH3 is 1. The van der Waals surface area contributed by atoms with Gasteiger partial charge in [-0.05, 0) is 57.2 Å². The first-order valence-electron chi connectivity index (χ1n) is 17.6. The Hall–Kier alpha value is -5.39. The molecule has 3 amide bonds. The zero-order chi connectivity index (χ0) is 36.0. The molecule has 268 valence electrons. The third kappa shape index (κ3) is 8.00. The zero-order valence-corrected chi connectivity index (χ0v) is 29.7. The molecule has 1 saturated carbocycles. The van der Waals surface area contributed by atoms with Gasteiger partial charge in [0.2, 0.25) is 5.91 Å². The van der Waals surface area contributed by atoms with Crippen LogP contribution in [0.3, 0.4) is 0 Å². The number of aromatic nitrogens is 3. The van der Waals surface area contributed by atoms with Crippen LogP contribution in [0, 0.1) is 12.8 Å². The number of pyridine rings is 1. The highest BCUT2D eigenvalue weighted by atomic mass is 16.5. The lowest BCUT2D eigenvalue weighted by molar-refractivity contribution is -0.149. The molecular formula is C39H46N6O6. The van der Waals surface area contributed by atoms with Crippen LogP contribution in [0.4, 0.5) is 4.79 Å². The molecule has 3 atom stereocenters. The van der Waals surface area contributed by atoms with Crippen LogP contribution in [0.25, 0.3) is 22.2 Å². The van der Waals surface area contributed by atoms with Gasteiger partial charge in [0, 0.05) is 54.7 Å². The average molecular weight is 695 g/mol. The maximum absolute atomic E-state index is 13.9. The number of fused-ring (bicyclic) bond motifs is 2. The van der Waals surface area contributed by atoms with Crippen molar-refractivity contribution in [2.24, 2.45) is 5.92 Å². The van der Waals surface area contributed by atoms with Crippen molar-refractivity contribution in [3.8, 4) is 22.8 Å². The molecule has 1 fully saturated rings. The lowest BCUT2D eigenvalue weighted by Gasteiger charge is -2.26. The highest BCUT2D eigenvalue weighted by molar-refractivity contribution is 5.95. The smallest absolute Gasteiger partial charge is 0.332 e. The maximum Gasteiger partial charge on any atom is 0.332 e. The van der Waals surface area contributed by atoms with Crippen molar-refractivity contribution < 1.29 is 28.6 Å². The Kier molecular flexibility index (Phi) is 10.9. The van der Waals surface area contributed by atoms with E-state index in [9.17, 15) is 14.4 Å². The third-order valence-corrected chi connectivity index (χ3v) is 9.59. The van der Waals surface area contributed by atoms with E-state index in [1.54, 1.807) is 32.2 Å². The zero-order valence-electron chi connectivity index (χ0n) is 29.7. The average Bonchev–Trinajstić information content (AvgIpc) is 3.63. The number of nitrogens with one attached hydrogen (secondary N) is 2. The Morgan fingerprint density at radius 3 is 2.71 bits per heavy atom. The normalized spacial score (nSPS) is 21.5. The van der Waals surface area contributed by atoms with Crippen molar-refractivity contribution in [1.82, 2.24) is 30.3 Å². The van der Waals surface area contributed by atoms with Crippen LogP contribution in [-0.4, -0.2) is 83.1 Å². The molecule has 2 aromatic carbocycles. The number of ether oxygens (including phenoxy) is 3. The summed E-state index contributed by atoms with van der Waals surface area (Å²) in [7, 11) is 3.33. The number of nitrogens with zero attached hydrogens (tertiary/aromatic N) is 4. The summed E-state index contributed by atoms with van der Waals surface area (Å²) in [6, 6.07) is 14.4. The molecule has 0 saturated heterocycles. The van der Waals surface area contributed by atoms with Gasteiger partial charge >= 0.3 is 12.0 Å². The molecule has 1 aliphatic carbocycles. The Labute approximate surface area is 298 Å². The van der Waals surface area contributed by atoms with Crippen molar-refractivity contribution in [2.45, 2.75) is 64.1 Å². The molecule has 2 aliphatic rings. The molecule has 0 bridgehead atoms. The van der Waals surface area contributed by atoms with E-state index in [2.05, 4.69) is 27.9 Å². The second kappa shape index (κ2) is 15.7. The molecule has 4 aromatic rings. The first kappa shape index (κ1) is 35.4. The van der Waals surface area contributed by atoms with Crippen molar-refractivity contribution in [1.29, 1.82) is 0 Å². The van der Waals surface area contributed by atoms with E-state index in [-0.39, 0.29) is 31.6 Å². The van der Waals surface area contributed by atoms with E-state index >= 15 is 0 Å². The summed E-state index contributed by atoms with van der Waals surface area (Å²) >= 11 is 0. The summed E-state index contributed by atoms with van der Waals surface area (Å²) in [5, 5.41) is 11.2. The fourth-order valence-corrected chi connectivity index (χ4v) is 6.52. The van der Waals surface area contributed by atoms with Crippen LogP contribution in [0.15, 0.2) is 73.1 Å². The number of rotatable bonds is 10. The molecule has 0 unspecified atom stereocenters. The van der Waals surface area contributed by atoms with E-state index in [4.69, 9.17) is 19.2 Å². The second-order valence-corrected chi connectivity index (χ2v) is 13.2. The fraction of sp³-hybridized carbons (Fsp3) is 0.410. The van der Waals surface area contributed by atoms with Gasteiger partial charge in [-0.25, -0.2) is 14.6 Å². The summed E-state index contributed by atoms with van der Waals surface area (Å²) in [6.07, 6.45) is 10.9. The minimum atomic E-state index is -1.15. The van der Waals surface area contributed by atoms with E-state index in [0.717, 1.165) is 41.3 Å². The Bertz CT molecular complexity index is 1910. The molecule has 6 rings (SSSR count). The highest BCUT2D eigenvalue weighted by Gasteiger charge is 2.61. The number of aryl methyl sites for hydroxylation is 1. The van der Waals surface area contributed by atoms with Crippen LogP contribution in [0.2, 0.25) is 0 Å². The fourth-order valence-electron chi connectivity index (χ4n) is 6.52. The topological polar surface area (TPSA) is 137 Å². The molecule has 3 heterocycles. The summed E-state index contributed by atoms with van der Waals surface area (Å²) in [5.41, 5.74) is 3.04. The second-order valence-electron chi connectivity index (χ2n) is 13.2. The monoisotopic (exact) mass is 694 g/mol. The van der Waals surface area contributed by atoms with Crippen molar-refractivity contribution in [2.75, 3.05) is 33.9 Å². The van der Waals surface area contributed by atoms with Gasteiger partial charge in [-0.3, -0.25) is 9.48 Å². The molecule has 12 nitrogen and oxygen atoms in total. The first-order valence-corrected chi connectivity index (χ1v) is 17.6. The molecule has 1 aliphatic heterocycles. The first-order chi connectivity index (χ1) is 24.7. The summed E-state index contributed by atoms with van der Waals surface area (Å²) < 4.78 is 19.3. The van der Waals surface area contributed by atoms with Crippen molar-refractivity contribution in [3.63, 3.8) is 0 Å². The van der Waals surface area contributed by atoms with Gasteiger partial charge in [0.05, 0.1) is 44.3 Å². The number of carbonyl (C=O) groups excluding carboxylic acids is 3. The van der Waals surface area contributed by atoms with Gasteiger partial charge < -0.3 is 29.7 Å². The van der Waals surface area contributed by atoms with E-state index in [1.165, 1.54) is 0 Å². The SMILES string of the molecule is CCOC(=O)[C@@]12C[C@H]1/C=C\CCCCN(C)C(=O)N[C@@H](CCOc1cc(-c3cnn(Cc4ccccc4)c3)nc3c(C)c(OC)ccc13)C(=O)N2. The number of amides is 3. The van der Waals surface area contributed by atoms with Gasteiger partial charge in [0.25, 0.3) is 0 Å². The molecule has 12 heteroatoms. The summed E-state index contributed by atoms with van der Waals surface area (Å²) in [5.74, 6) is 0.166. The Morgan fingerprint density at radius 2 is 1.92 bits per heavy atom. The van der Waals surface area contributed by atoms with E-state index in [1.807, 2.05) is 66.4 Å². The number of urea groups is 1. The van der Waals surface area contributed by atoms with Crippen LogP contribution < -0.4 is 20.1 Å². The van der Waals surface area contributed by atoms with E-state index < -0.39 is 23.5 Å². The van der Waals surface area contributed by atoms with Crippen LogP contribution in [0.5, 0.6) is 11.5 Å². The van der Waals surface area contributed by atoms with Crippen LogP contribution in [-0.2, 0) is 20.9 Å². The lowest BCUT2D eigenvalue weighted by Crippen LogP contribution is -2.56. The van der Waals surface area contributed by atoms with Gasteiger partial charge in [0.1, 0.15) is 23.1 Å². The summed E-state index contributed by atoms with van der Waals surface area (Å²) in [4.78, 5) is 46.8.